The van der Waals surface area contributed by atoms with Gasteiger partial charge in [-0.15, -0.1) is 13.2 Å². The predicted octanol–water partition coefficient (Wildman–Crippen LogP) is 3.16. The van der Waals surface area contributed by atoms with E-state index >= 15 is 0 Å². The maximum absolute atomic E-state index is 11.7. The molecule has 0 unspecified atom stereocenters. The van der Waals surface area contributed by atoms with Gasteiger partial charge in [-0.25, -0.2) is 0 Å². The van der Waals surface area contributed by atoms with Crippen molar-refractivity contribution in [3.05, 3.63) is 28.2 Å². The lowest BCUT2D eigenvalue weighted by molar-refractivity contribution is -0.274. The van der Waals surface area contributed by atoms with Gasteiger partial charge in [0.1, 0.15) is 5.75 Å². The van der Waals surface area contributed by atoms with Crippen LogP contribution in [0.25, 0.3) is 0 Å². The number of aldehydes is 1. The van der Waals surface area contributed by atoms with E-state index in [-0.39, 0.29) is 15.8 Å². The zero-order chi connectivity index (χ0) is 10.8. The van der Waals surface area contributed by atoms with Crippen molar-refractivity contribution in [1.29, 1.82) is 0 Å². The van der Waals surface area contributed by atoms with Crippen LogP contribution in [0.3, 0.4) is 0 Å². The first kappa shape index (κ1) is 11.0. The Balaban J connectivity index is 2.92. The monoisotopic (exact) mass is 268 g/mol. The summed E-state index contributed by atoms with van der Waals surface area (Å²) in [5.41, 5.74) is 0.263. The number of rotatable bonds is 2. The molecule has 6 heteroatoms. The molecule has 0 heterocycles. The minimum atomic E-state index is -4.72. The maximum atomic E-state index is 11.7. The second-order valence-electron chi connectivity index (χ2n) is 2.35. The van der Waals surface area contributed by atoms with E-state index in [1.54, 1.807) is 0 Å². The van der Waals surface area contributed by atoms with Crippen LogP contribution in [-0.4, -0.2) is 12.6 Å². The average Bonchev–Trinajstić information content (AvgIpc) is 2.01. The van der Waals surface area contributed by atoms with Crippen LogP contribution in [0.15, 0.2) is 22.7 Å². The maximum Gasteiger partial charge on any atom is 0.573 e. The van der Waals surface area contributed by atoms with Gasteiger partial charge in [0.2, 0.25) is 0 Å². The van der Waals surface area contributed by atoms with Crippen LogP contribution in [-0.2, 0) is 0 Å². The summed E-state index contributed by atoms with van der Waals surface area (Å²) in [6, 6.07) is 3.39. The van der Waals surface area contributed by atoms with Crippen LogP contribution in [0.5, 0.6) is 5.75 Å². The van der Waals surface area contributed by atoms with E-state index in [0.29, 0.717) is 6.29 Å². The van der Waals surface area contributed by atoms with E-state index < -0.39 is 6.36 Å². The number of ether oxygens (including phenoxy) is 1. The van der Waals surface area contributed by atoms with Crippen molar-refractivity contribution in [2.24, 2.45) is 0 Å². The lowest BCUT2D eigenvalue weighted by atomic mass is 10.2. The Morgan fingerprint density at radius 2 is 2.00 bits per heavy atom. The second kappa shape index (κ2) is 4.00. The summed E-state index contributed by atoms with van der Waals surface area (Å²) in [5, 5.41) is 0. The van der Waals surface area contributed by atoms with Gasteiger partial charge in [0.25, 0.3) is 0 Å². The lowest BCUT2D eigenvalue weighted by Gasteiger charge is -2.09. The molecular formula is C8H4BrF3O2. The lowest BCUT2D eigenvalue weighted by Crippen LogP contribution is -2.17. The van der Waals surface area contributed by atoms with Crippen molar-refractivity contribution in [3.63, 3.8) is 0 Å². The summed E-state index contributed by atoms with van der Waals surface area (Å²) in [4.78, 5) is 10.3. The third kappa shape index (κ3) is 3.02. The van der Waals surface area contributed by atoms with Crippen molar-refractivity contribution in [3.8, 4) is 5.75 Å². The molecule has 0 amide bonds. The van der Waals surface area contributed by atoms with Crippen molar-refractivity contribution in [2.45, 2.75) is 6.36 Å². The van der Waals surface area contributed by atoms with Crippen LogP contribution in [0.4, 0.5) is 13.2 Å². The van der Waals surface area contributed by atoms with Crippen LogP contribution in [0.2, 0.25) is 0 Å². The molecule has 76 valence electrons. The standard InChI is InChI=1S/C8H4BrF3O2/c9-7-3-6(14-8(10,11)12)2-1-5(7)4-13/h1-4H. The number of carbonyl (C=O) groups excluding carboxylic acids is 1. The van der Waals surface area contributed by atoms with Crippen molar-refractivity contribution < 1.29 is 22.7 Å². The molecule has 0 saturated carbocycles. The van der Waals surface area contributed by atoms with E-state index in [9.17, 15) is 18.0 Å². The molecule has 1 rings (SSSR count). The molecule has 0 aliphatic carbocycles. The highest BCUT2D eigenvalue weighted by Crippen LogP contribution is 2.26. The third-order valence-corrected chi connectivity index (χ3v) is 2.02. The summed E-state index contributed by atoms with van der Waals surface area (Å²) < 4.78 is 39.1. The first-order valence-corrected chi connectivity index (χ1v) is 4.22. The van der Waals surface area contributed by atoms with Gasteiger partial charge in [-0.05, 0) is 34.1 Å². The Bertz CT molecular complexity index is 349. The first-order chi connectivity index (χ1) is 6.42. The molecule has 0 bridgehead atoms. The zero-order valence-electron chi connectivity index (χ0n) is 6.64. The predicted molar refractivity (Wildman–Crippen MR) is 46.2 cm³/mol. The Morgan fingerprint density at radius 1 is 1.36 bits per heavy atom. The second-order valence-corrected chi connectivity index (χ2v) is 3.20. The van der Waals surface area contributed by atoms with Gasteiger partial charge in [-0.1, -0.05) is 0 Å². The highest BCUT2D eigenvalue weighted by molar-refractivity contribution is 9.10. The van der Waals surface area contributed by atoms with Gasteiger partial charge >= 0.3 is 6.36 Å². The SMILES string of the molecule is O=Cc1ccc(OC(F)(F)F)cc1Br. The Kier molecular flexibility index (Phi) is 3.15. The summed E-state index contributed by atoms with van der Waals surface area (Å²) >= 11 is 2.94. The third-order valence-electron chi connectivity index (χ3n) is 1.33. The van der Waals surface area contributed by atoms with E-state index in [4.69, 9.17) is 0 Å². The van der Waals surface area contributed by atoms with E-state index in [1.807, 2.05) is 0 Å². The summed E-state index contributed by atoms with van der Waals surface area (Å²) in [7, 11) is 0. The minimum Gasteiger partial charge on any atom is -0.406 e. The Hall–Kier alpha value is -1.04. The van der Waals surface area contributed by atoms with Crippen LogP contribution < -0.4 is 4.74 Å². The number of alkyl halides is 3. The molecule has 0 N–H and O–H groups in total. The fourth-order valence-electron chi connectivity index (χ4n) is 0.801. The van der Waals surface area contributed by atoms with Crippen molar-refractivity contribution in [2.75, 3.05) is 0 Å². The van der Waals surface area contributed by atoms with Crippen molar-refractivity contribution in [1.82, 2.24) is 0 Å². The largest absolute Gasteiger partial charge is 0.573 e. The smallest absolute Gasteiger partial charge is 0.406 e. The molecular weight excluding hydrogens is 265 g/mol. The van der Waals surface area contributed by atoms with Crippen molar-refractivity contribution >= 4 is 22.2 Å². The molecule has 1 aromatic rings. The number of hydrogen-bond donors (Lipinski definition) is 0. The van der Waals surface area contributed by atoms with Gasteiger partial charge in [-0.3, -0.25) is 4.79 Å². The average molecular weight is 269 g/mol. The molecule has 0 aromatic heterocycles. The highest BCUT2D eigenvalue weighted by Gasteiger charge is 2.31. The number of halogens is 4. The van der Waals surface area contributed by atoms with E-state index in [0.717, 1.165) is 12.1 Å². The molecule has 0 aliphatic heterocycles. The molecule has 0 saturated heterocycles. The zero-order valence-corrected chi connectivity index (χ0v) is 8.22. The normalized spacial score (nSPS) is 11.1. The Labute approximate surface area is 85.8 Å². The van der Waals surface area contributed by atoms with Crippen LogP contribution >= 0.6 is 15.9 Å². The van der Waals surface area contributed by atoms with Crippen LogP contribution in [0.1, 0.15) is 10.4 Å². The van der Waals surface area contributed by atoms with Gasteiger partial charge in [-0.2, -0.15) is 0 Å². The summed E-state index contributed by atoms with van der Waals surface area (Å²) in [6.07, 6.45) is -4.19. The van der Waals surface area contributed by atoms with E-state index in [2.05, 4.69) is 20.7 Å². The highest BCUT2D eigenvalue weighted by atomic mass is 79.9. The fraction of sp³-hybridized carbons (Fsp3) is 0.125. The van der Waals surface area contributed by atoms with Gasteiger partial charge in [0, 0.05) is 10.0 Å². The summed E-state index contributed by atoms with van der Waals surface area (Å²) in [5.74, 6) is -0.366. The quantitative estimate of drug-likeness (QED) is 0.771. The fourth-order valence-corrected chi connectivity index (χ4v) is 1.25. The van der Waals surface area contributed by atoms with Gasteiger partial charge in [0.05, 0.1) is 0 Å². The molecule has 0 atom stereocenters. The van der Waals surface area contributed by atoms with Gasteiger partial charge in [0.15, 0.2) is 6.29 Å². The van der Waals surface area contributed by atoms with Crippen LogP contribution in [0, 0.1) is 0 Å². The molecule has 0 radical (unpaired) electrons. The molecule has 1 aromatic carbocycles. The minimum absolute atomic E-state index is 0.259. The molecule has 14 heavy (non-hydrogen) atoms. The number of carbonyl (C=O) groups is 1. The van der Waals surface area contributed by atoms with E-state index in [1.165, 1.54) is 6.07 Å². The molecule has 2 nitrogen and oxygen atoms in total. The molecule has 0 fully saturated rings. The molecule has 0 aliphatic rings. The number of benzene rings is 1. The Morgan fingerprint density at radius 3 is 2.43 bits per heavy atom. The number of hydrogen-bond acceptors (Lipinski definition) is 2. The first-order valence-electron chi connectivity index (χ1n) is 3.43. The molecule has 0 spiro atoms. The van der Waals surface area contributed by atoms with Gasteiger partial charge < -0.3 is 4.74 Å². The summed E-state index contributed by atoms with van der Waals surface area (Å²) in [6.45, 7) is 0. The topological polar surface area (TPSA) is 26.3 Å².